The number of hydrogen-bond donors (Lipinski definition) is 0. The predicted octanol–water partition coefficient (Wildman–Crippen LogP) is 4.58. The normalized spacial score (nSPS) is 19.4. The van der Waals surface area contributed by atoms with Crippen molar-refractivity contribution >= 4 is 17.5 Å². The van der Waals surface area contributed by atoms with Crippen molar-refractivity contribution in [2.24, 2.45) is 0 Å². The molecular weight excluding hydrogens is 393 g/mol. The predicted molar refractivity (Wildman–Crippen MR) is 110 cm³/mol. The van der Waals surface area contributed by atoms with Gasteiger partial charge in [-0.1, -0.05) is 23.7 Å². The Balaban J connectivity index is 1.79. The molecule has 0 aliphatic carbocycles. The number of halogens is 2. The Bertz CT molecular complexity index is 1020. The van der Waals surface area contributed by atoms with E-state index >= 15 is 0 Å². The number of carbonyl (C=O) groups is 1. The van der Waals surface area contributed by atoms with Crippen molar-refractivity contribution in [1.82, 2.24) is 14.7 Å². The van der Waals surface area contributed by atoms with Crippen molar-refractivity contribution in [3.63, 3.8) is 0 Å². The van der Waals surface area contributed by atoms with E-state index in [2.05, 4.69) is 5.10 Å². The quantitative estimate of drug-likeness (QED) is 0.631. The van der Waals surface area contributed by atoms with Crippen LogP contribution in [0, 0.1) is 5.82 Å². The van der Waals surface area contributed by atoms with Crippen molar-refractivity contribution in [3.8, 4) is 16.9 Å². The zero-order valence-electron chi connectivity index (χ0n) is 16.2. The lowest BCUT2D eigenvalue weighted by molar-refractivity contribution is -0.0588. The van der Waals surface area contributed by atoms with Crippen molar-refractivity contribution < 1.29 is 13.9 Å². The number of benzene rings is 2. The van der Waals surface area contributed by atoms with Crippen LogP contribution in [-0.2, 0) is 4.74 Å². The highest BCUT2D eigenvalue weighted by molar-refractivity contribution is 6.30. The maximum absolute atomic E-state index is 14.4. The molecule has 5 nitrogen and oxygen atoms in total. The van der Waals surface area contributed by atoms with Crippen LogP contribution >= 0.6 is 11.6 Å². The number of ether oxygens (including phenoxy) is 1. The molecule has 0 saturated carbocycles. The number of morpholine rings is 1. The van der Waals surface area contributed by atoms with Crippen molar-refractivity contribution in [2.75, 3.05) is 13.1 Å². The maximum atomic E-state index is 14.4. The van der Waals surface area contributed by atoms with E-state index in [4.69, 9.17) is 16.3 Å². The molecule has 29 heavy (non-hydrogen) atoms. The Morgan fingerprint density at radius 2 is 1.76 bits per heavy atom. The standard InChI is InChI=1S/C22H21ClFN3O2/c1-14-12-26(13-15(2)29-14)22(28)21-11-20(18-5-3-4-6-19(18)24)25-27(21)17-9-7-16(23)8-10-17/h3-11,14-15H,12-13H2,1-2H3. The van der Waals surface area contributed by atoms with Gasteiger partial charge in [-0.2, -0.15) is 5.10 Å². The van der Waals surface area contributed by atoms with Gasteiger partial charge in [-0.25, -0.2) is 9.07 Å². The number of amides is 1. The minimum absolute atomic E-state index is 0.0550. The molecule has 2 aromatic carbocycles. The van der Waals surface area contributed by atoms with Crippen LogP contribution in [0.15, 0.2) is 54.6 Å². The number of nitrogens with zero attached hydrogens (tertiary/aromatic N) is 3. The first-order valence-corrected chi connectivity index (χ1v) is 9.86. The van der Waals surface area contributed by atoms with E-state index in [0.29, 0.717) is 40.8 Å². The zero-order chi connectivity index (χ0) is 20.5. The monoisotopic (exact) mass is 413 g/mol. The smallest absolute Gasteiger partial charge is 0.272 e. The fourth-order valence-electron chi connectivity index (χ4n) is 3.62. The lowest BCUT2D eigenvalue weighted by atomic mass is 10.1. The van der Waals surface area contributed by atoms with Gasteiger partial charge in [-0.15, -0.1) is 0 Å². The zero-order valence-corrected chi connectivity index (χ0v) is 16.9. The average Bonchev–Trinajstić information content (AvgIpc) is 3.12. The van der Waals surface area contributed by atoms with Crippen LogP contribution in [-0.4, -0.2) is 45.9 Å². The highest BCUT2D eigenvalue weighted by Crippen LogP contribution is 2.26. The molecule has 2 heterocycles. The van der Waals surface area contributed by atoms with Crippen molar-refractivity contribution in [2.45, 2.75) is 26.1 Å². The molecule has 1 fully saturated rings. The summed E-state index contributed by atoms with van der Waals surface area (Å²) in [6.45, 7) is 4.86. The minimum atomic E-state index is -0.388. The van der Waals surface area contributed by atoms with Gasteiger partial charge in [0.1, 0.15) is 11.5 Å². The Hall–Kier alpha value is -2.70. The van der Waals surface area contributed by atoms with Gasteiger partial charge in [0.15, 0.2) is 0 Å². The molecule has 0 spiro atoms. The van der Waals surface area contributed by atoms with Crippen LogP contribution in [0.3, 0.4) is 0 Å². The molecule has 1 amide bonds. The molecule has 150 valence electrons. The fourth-order valence-corrected chi connectivity index (χ4v) is 3.74. The maximum Gasteiger partial charge on any atom is 0.272 e. The van der Waals surface area contributed by atoms with E-state index in [9.17, 15) is 9.18 Å². The summed E-state index contributed by atoms with van der Waals surface area (Å²) in [5.74, 6) is -0.557. The summed E-state index contributed by atoms with van der Waals surface area (Å²) in [6.07, 6.45) is -0.110. The number of hydrogen-bond acceptors (Lipinski definition) is 3. The molecule has 1 aromatic heterocycles. The molecule has 1 aliphatic rings. The summed E-state index contributed by atoms with van der Waals surface area (Å²) in [4.78, 5) is 15.1. The molecule has 3 aromatic rings. The summed E-state index contributed by atoms with van der Waals surface area (Å²) < 4.78 is 21.6. The van der Waals surface area contributed by atoms with Crippen LogP contribution in [0.25, 0.3) is 16.9 Å². The van der Waals surface area contributed by atoms with E-state index < -0.39 is 0 Å². The van der Waals surface area contributed by atoms with Crippen LogP contribution in [0.5, 0.6) is 0 Å². The average molecular weight is 414 g/mol. The molecule has 7 heteroatoms. The first-order valence-electron chi connectivity index (χ1n) is 9.48. The van der Waals surface area contributed by atoms with Gasteiger partial charge in [-0.3, -0.25) is 4.79 Å². The van der Waals surface area contributed by atoms with Gasteiger partial charge in [0, 0.05) is 23.7 Å². The van der Waals surface area contributed by atoms with E-state index in [1.165, 1.54) is 6.07 Å². The molecular formula is C22H21ClFN3O2. The summed E-state index contributed by atoms with van der Waals surface area (Å²) in [5.41, 5.74) is 1.79. The molecule has 1 saturated heterocycles. The minimum Gasteiger partial charge on any atom is -0.372 e. The third kappa shape index (κ3) is 4.04. The third-order valence-corrected chi connectivity index (χ3v) is 5.11. The lowest BCUT2D eigenvalue weighted by Crippen LogP contribution is -2.48. The van der Waals surface area contributed by atoms with Gasteiger partial charge in [0.05, 0.1) is 23.6 Å². The second kappa shape index (κ2) is 7.97. The van der Waals surface area contributed by atoms with E-state index in [-0.39, 0.29) is 23.9 Å². The Morgan fingerprint density at radius 1 is 1.10 bits per heavy atom. The summed E-state index contributed by atoms with van der Waals surface area (Å²) >= 11 is 6.01. The topological polar surface area (TPSA) is 47.4 Å². The van der Waals surface area contributed by atoms with E-state index in [1.54, 1.807) is 58.1 Å². The summed E-state index contributed by atoms with van der Waals surface area (Å²) in [6, 6.07) is 15.1. The fraction of sp³-hybridized carbons (Fsp3) is 0.273. The highest BCUT2D eigenvalue weighted by atomic mass is 35.5. The summed E-state index contributed by atoms with van der Waals surface area (Å²) in [5, 5.41) is 5.13. The van der Waals surface area contributed by atoms with Gasteiger partial charge in [0.2, 0.25) is 0 Å². The summed E-state index contributed by atoms with van der Waals surface area (Å²) in [7, 11) is 0. The number of aromatic nitrogens is 2. The van der Waals surface area contributed by atoms with E-state index in [1.807, 2.05) is 13.8 Å². The largest absolute Gasteiger partial charge is 0.372 e. The van der Waals surface area contributed by atoms with Crippen LogP contribution in [0.4, 0.5) is 4.39 Å². The van der Waals surface area contributed by atoms with Crippen LogP contribution in [0.2, 0.25) is 5.02 Å². The van der Waals surface area contributed by atoms with Gasteiger partial charge >= 0.3 is 0 Å². The third-order valence-electron chi connectivity index (χ3n) is 4.86. The van der Waals surface area contributed by atoms with Gasteiger partial charge < -0.3 is 9.64 Å². The van der Waals surface area contributed by atoms with Gasteiger partial charge in [-0.05, 0) is 56.3 Å². The van der Waals surface area contributed by atoms with Crippen LogP contribution < -0.4 is 0 Å². The Kier molecular flexibility index (Phi) is 5.39. The highest BCUT2D eigenvalue weighted by Gasteiger charge is 2.29. The SMILES string of the molecule is CC1CN(C(=O)c2cc(-c3ccccc3F)nn2-c2ccc(Cl)cc2)CC(C)O1. The van der Waals surface area contributed by atoms with Crippen molar-refractivity contribution in [3.05, 3.63) is 71.1 Å². The second-order valence-corrected chi connectivity index (χ2v) is 7.69. The number of rotatable bonds is 3. The molecule has 2 atom stereocenters. The van der Waals surface area contributed by atoms with Gasteiger partial charge in [0.25, 0.3) is 5.91 Å². The lowest BCUT2D eigenvalue weighted by Gasteiger charge is -2.35. The Labute approximate surface area is 173 Å². The van der Waals surface area contributed by atoms with E-state index in [0.717, 1.165) is 0 Å². The first-order chi connectivity index (χ1) is 13.9. The Morgan fingerprint density at radius 3 is 2.41 bits per heavy atom. The molecule has 2 unspecified atom stereocenters. The molecule has 1 aliphatic heterocycles. The number of carbonyl (C=O) groups excluding carboxylic acids is 1. The molecule has 4 rings (SSSR count). The molecule has 0 radical (unpaired) electrons. The molecule has 0 bridgehead atoms. The van der Waals surface area contributed by atoms with Crippen molar-refractivity contribution in [1.29, 1.82) is 0 Å². The van der Waals surface area contributed by atoms with Crippen LogP contribution in [0.1, 0.15) is 24.3 Å². The second-order valence-electron chi connectivity index (χ2n) is 7.25. The molecule has 0 N–H and O–H groups in total. The first kappa shape index (κ1) is 19.6.